The van der Waals surface area contributed by atoms with E-state index < -0.39 is 11.9 Å². The van der Waals surface area contributed by atoms with Crippen LogP contribution in [0, 0.1) is 5.92 Å². The molecule has 1 saturated carbocycles. The zero-order chi connectivity index (χ0) is 19.6. The van der Waals surface area contributed by atoms with E-state index in [0.29, 0.717) is 23.8 Å². The molecule has 0 unspecified atom stereocenters. The fourth-order valence-corrected chi connectivity index (χ4v) is 3.16. The van der Waals surface area contributed by atoms with E-state index in [9.17, 15) is 14.4 Å². The Hall–Kier alpha value is -2.57. The van der Waals surface area contributed by atoms with E-state index in [-0.39, 0.29) is 25.1 Å². The highest BCUT2D eigenvalue weighted by Gasteiger charge is 2.23. The lowest BCUT2D eigenvalue weighted by molar-refractivity contribution is -0.147. The fraction of sp³-hybridized carbons (Fsp3) is 0.550. The first kappa shape index (κ1) is 20.7. The molecule has 1 aliphatic rings. The Morgan fingerprint density at radius 2 is 1.89 bits per heavy atom. The molecule has 1 fully saturated rings. The highest BCUT2D eigenvalue weighted by atomic mass is 16.5. The zero-order valence-corrected chi connectivity index (χ0v) is 16.0. The molecule has 0 bridgehead atoms. The topological polar surface area (TPSA) is 93.7 Å². The summed E-state index contributed by atoms with van der Waals surface area (Å²) >= 11 is 0. The van der Waals surface area contributed by atoms with Crippen molar-refractivity contribution in [1.82, 2.24) is 10.6 Å². The maximum absolute atomic E-state index is 12.2. The van der Waals surface area contributed by atoms with Gasteiger partial charge in [0, 0.05) is 6.04 Å². The van der Waals surface area contributed by atoms with Gasteiger partial charge in [-0.2, -0.15) is 0 Å². The van der Waals surface area contributed by atoms with E-state index >= 15 is 0 Å². The number of hydrogen-bond acceptors (Lipinski definition) is 5. The van der Waals surface area contributed by atoms with E-state index in [1.807, 2.05) is 6.92 Å². The molecule has 1 aliphatic carbocycles. The van der Waals surface area contributed by atoms with Crippen LogP contribution in [0.1, 0.15) is 49.9 Å². The maximum atomic E-state index is 12.2. The van der Waals surface area contributed by atoms with Gasteiger partial charge in [-0.3, -0.25) is 14.4 Å². The van der Waals surface area contributed by atoms with Gasteiger partial charge in [-0.25, -0.2) is 0 Å². The summed E-state index contributed by atoms with van der Waals surface area (Å²) in [5, 5.41) is 5.40. The molecule has 7 heteroatoms. The second-order valence-electron chi connectivity index (χ2n) is 6.71. The van der Waals surface area contributed by atoms with Crippen molar-refractivity contribution in [3.63, 3.8) is 0 Å². The molecule has 0 spiro atoms. The van der Waals surface area contributed by atoms with Gasteiger partial charge < -0.3 is 20.1 Å². The Bertz CT molecular complexity index is 662. The predicted octanol–water partition coefficient (Wildman–Crippen LogP) is 2.05. The third-order valence-corrected chi connectivity index (χ3v) is 4.65. The van der Waals surface area contributed by atoms with Crippen molar-refractivity contribution in [3.05, 3.63) is 29.8 Å². The quantitative estimate of drug-likeness (QED) is 0.678. The van der Waals surface area contributed by atoms with Crippen molar-refractivity contribution in [2.24, 2.45) is 5.92 Å². The van der Waals surface area contributed by atoms with Crippen molar-refractivity contribution >= 4 is 17.8 Å². The zero-order valence-electron chi connectivity index (χ0n) is 16.0. The van der Waals surface area contributed by atoms with Crippen molar-refractivity contribution in [2.75, 3.05) is 19.8 Å². The smallest absolute Gasteiger partial charge is 0.325 e. The van der Waals surface area contributed by atoms with E-state index in [4.69, 9.17) is 9.47 Å². The van der Waals surface area contributed by atoms with Crippen LogP contribution < -0.4 is 15.4 Å². The van der Waals surface area contributed by atoms with Gasteiger partial charge in [-0.15, -0.1) is 0 Å². The van der Waals surface area contributed by atoms with Crippen LogP contribution in [0.15, 0.2) is 24.3 Å². The third kappa shape index (κ3) is 6.58. The molecule has 27 heavy (non-hydrogen) atoms. The molecule has 1 aromatic rings. The van der Waals surface area contributed by atoms with Crippen molar-refractivity contribution in [3.8, 4) is 5.75 Å². The minimum Gasteiger partial charge on any atom is -0.493 e. The largest absolute Gasteiger partial charge is 0.493 e. The fourth-order valence-electron chi connectivity index (χ4n) is 3.16. The molecular weight excluding hydrogens is 348 g/mol. The molecule has 0 aliphatic heterocycles. The highest BCUT2D eigenvalue weighted by Crippen LogP contribution is 2.23. The lowest BCUT2D eigenvalue weighted by atomic mass is 9.86. The number of carbonyl (C=O) groups is 3. The molecule has 0 radical (unpaired) electrons. The Labute approximate surface area is 159 Å². The first-order valence-corrected chi connectivity index (χ1v) is 9.46. The summed E-state index contributed by atoms with van der Waals surface area (Å²) in [6.45, 7) is 3.72. The molecule has 1 aromatic carbocycles. The number of benzene rings is 1. The Morgan fingerprint density at radius 3 is 2.63 bits per heavy atom. The lowest BCUT2D eigenvalue weighted by Crippen LogP contribution is -2.43. The van der Waals surface area contributed by atoms with Gasteiger partial charge in [-0.05, 0) is 37.8 Å². The summed E-state index contributed by atoms with van der Waals surface area (Å²) in [5.74, 6) is -0.523. The number of ether oxygens (including phenoxy) is 2. The number of nitrogens with one attached hydrogen (secondary N) is 2. The standard InChI is InChI=1S/C20H28N2O5/c1-3-26-17-11-7-5-9-15(17)20(25)21-12-19(24)27-13-18(23)22-16-10-6-4-8-14(16)2/h5,7,9,11,14,16H,3-4,6,8,10,12-13H2,1-2H3,(H,21,25)(H,22,23)/t14-,16-/m0/s1. The van der Waals surface area contributed by atoms with Gasteiger partial charge >= 0.3 is 5.97 Å². The van der Waals surface area contributed by atoms with E-state index in [0.717, 1.165) is 19.3 Å². The van der Waals surface area contributed by atoms with Crippen LogP contribution in [0.2, 0.25) is 0 Å². The minimum atomic E-state index is -0.663. The number of rotatable bonds is 8. The second-order valence-corrected chi connectivity index (χ2v) is 6.71. The average Bonchev–Trinajstić information content (AvgIpc) is 2.67. The second kappa shape index (κ2) is 10.5. The highest BCUT2D eigenvalue weighted by molar-refractivity contribution is 5.98. The first-order valence-electron chi connectivity index (χ1n) is 9.46. The van der Waals surface area contributed by atoms with Crippen molar-refractivity contribution in [1.29, 1.82) is 0 Å². The van der Waals surface area contributed by atoms with Crippen LogP contribution in [-0.4, -0.2) is 43.6 Å². The SMILES string of the molecule is CCOc1ccccc1C(=O)NCC(=O)OCC(=O)N[C@H]1CCCC[C@@H]1C. The Balaban J connectivity index is 1.73. The Kier molecular flexibility index (Phi) is 8.10. The van der Waals surface area contributed by atoms with Crippen molar-refractivity contribution in [2.45, 2.75) is 45.6 Å². The van der Waals surface area contributed by atoms with E-state index in [1.54, 1.807) is 24.3 Å². The molecule has 0 heterocycles. The average molecular weight is 376 g/mol. The first-order chi connectivity index (χ1) is 13.0. The van der Waals surface area contributed by atoms with E-state index in [1.165, 1.54) is 6.42 Å². The monoisotopic (exact) mass is 376 g/mol. The molecule has 2 atom stereocenters. The Morgan fingerprint density at radius 1 is 1.15 bits per heavy atom. The van der Waals surface area contributed by atoms with Gasteiger partial charge in [0.05, 0.1) is 12.2 Å². The van der Waals surface area contributed by atoms with Crippen LogP contribution >= 0.6 is 0 Å². The summed E-state index contributed by atoms with van der Waals surface area (Å²) in [7, 11) is 0. The molecule has 7 nitrogen and oxygen atoms in total. The van der Waals surface area contributed by atoms with Gasteiger partial charge in [0.15, 0.2) is 6.61 Å². The number of para-hydroxylation sites is 1. The van der Waals surface area contributed by atoms with Gasteiger partial charge in [0.2, 0.25) is 0 Å². The number of amides is 2. The molecule has 148 valence electrons. The normalized spacial score (nSPS) is 19.0. The minimum absolute atomic E-state index is 0.139. The summed E-state index contributed by atoms with van der Waals surface area (Å²) in [4.78, 5) is 36.0. The lowest BCUT2D eigenvalue weighted by Gasteiger charge is -2.29. The van der Waals surface area contributed by atoms with Crippen molar-refractivity contribution < 1.29 is 23.9 Å². The molecule has 2 rings (SSSR count). The van der Waals surface area contributed by atoms with Gasteiger partial charge in [0.1, 0.15) is 12.3 Å². The molecule has 0 saturated heterocycles. The molecule has 2 amide bonds. The molecule has 2 N–H and O–H groups in total. The predicted molar refractivity (Wildman–Crippen MR) is 100 cm³/mol. The number of hydrogen-bond donors (Lipinski definition) is 2. The van der Waals surface area contributed by atoms with Crippen LogP contribution in [-0.2, 0) is 14.3 Å². The maximum Gasteiger partial charge on any atom is 0.325 e. The summed E-state index contributed by atoms with van der Waals surface area (Å²) < 4.78 is 10.3. The van der Waals surface area contributed by atoms with Gasteiger partial charge in [0.25, 0.3) is 11.8 Å². The number of esters is 1. The summed E-state index contributed by atoms with van der Waals surface area (Å²) in [6, 6.07) is 6.92. The summed E-state index contributed by atoms with van der Waals surface area (Å²) in [5.41, 5.74) is 0.344. The third-order valence-electron chi connectivity index (χ3n) is 4.65. The van der Waals surface area contributed by atoms with E-state index in [2.05, 4.69) is 17.6 Å². The van der Waals surface area contributed by atoms with Crippen LogP contribution in [0.3, 0.4) is 0 Å². The number of carbonyl (C=O) groups excluding carboxylic acids is 3. The van der Waals surface area contributed by atoms with Crippen LogP contribution in [0.5, 0.6) is 5.75 Å². The summed E-state index contributed by atoms with van der Waals surface area (Å²) in [6.07, 6.45) is 4.34. The molecular formula is C20H28N2O5. The van der Waals surface area contributed by atoms with Crippen LogP contribution in [0.25, 0.3) is 0 Å². The van der Waals surface area contributed by atoms with Gasteiger partial charge in [-0.1, -0.05) is 31.9 Å². The van der Waals surface area contributed by atoms with Crippen LogP contribution in [0.4, 0.5) is 0 Å². The molecule has 0 aromatic heterocycles.